The van der Waals surface area contributed by atoms with Gasteiger partial charge in [0.2, 0.25) is 12.1 Å². The Morgan fingerprint density at radius 1 is 1.06 bits per heavy atom. The van der Waals surface area contributed by atoms with E-state index in [-0.39, 0.29) is 5.82 Å². The number of pyridine rings is 2. The van der Waals surface area contributed by atoms with E-state index in [1.807, 2.05) is 42.5 Å². The van der Waals surface area contributed by atoms with Gasteiger partial charge in [-0.3, -0.25) is 4.98 Å². The van der Waals surface area contributed by atoms with Crippen LogP contribution in [0.1, 0.15) is 24.3 Å². The van der Waals surface area contributed by atoms with Crippen LogP contribution in [0.25, 0.3) is 10.9 Å². The number of para-hydroxylation sites is 1. The van der Waals surface area contributed by atoms with Crippen molar-refractivity contribution in [2.45, 2.75) is 13.2 Å². The molecule has 2 aromatic heterocycles. The quantitative estimate of drug-likeness (QED) is 0.225. The molecular weight excluding hydrogens is 429 g/mol. The molecule has 1 aliphatic rings. The molecule has 0 spiro atoms. The first-order valence-corrected chi connectivity index (χ1v) is 10.3. The SMILES string of the molecule is CC(=Nc1ccc(F)cc1)N1N=C(c2ccncc2)OC1c1cc2ccccc2nc1Cl. The Hall–Kier alpha value is -3.84. The second kappa shape index (κ2) is 8.36. The fraction of sp³-hybridized carbons (Fsp3) is 0.0833. The number of aromatic nitrogens is 2. The molecule has 0 fully saturated rings. The third kappa shape index (κ3) is 3.90. The molecule has 0 aliphatic carbocycles. The van der Waals surface area contributed by atoms with Crippen LogP contribution in [0.5, 0.6) is 0 Å². The van der Waals surface area contributed by atoms with Crippen molar-refractivity contribution in [2.24, 2.45) is 10.1 Å². The summed E-state index contributed by atoms with van der Waals surface area (Å²) in [7, 11) is 0. The lowest BCUT2D eigenvalue weighted by atomic mass is 10.1. The highest BCUT2D eigenvalue weighted by molar-refractivity contribution is 6.30. The van der Waals surface area contributed by atoms with E-state index in [0.717, 1.165) is 16.5 Å². The molecule has 0 bridgehead atoms. The van der Waals surface area contributed by atoms with Crippen molar-refractivity contribution in [1.82, 2.24) is 15.0 Å². The van der Waals surface area contributed by atoms with Gasteiger partial charge < -0.3 is 4.74 Å². The molecule has 3 heterocycles. The van der Waals surface area contributed by atoms with Crippen molar-refractivity contribution in [3.8, 4) is 0 Å². The van der Waals surface area contributed by atoms with Gasteiger partial charge in [-0.1, -0.05) is 29.8 Å². The van der Waals surface area contributed by atoms with Crippen LogP contribution < -0.4 is 0 Å². The molecule has 2 aromatic carbocycles. The van der Waals surface area contributed by atoms with E-state index >= 15 is 0 Å². The second-order valence-electron chi connectivity index (χ2n) is 7.15. The van der Waals surface area contributed by atoms with Gasteiger partial charge >= 0.3 is 0 Å². The first-order valence-electron chi connectivity index (χ1n) is 9.89. The molecule has 0 radical (unpaired) electrons. The Bertz CT molecular complexity index is 1340. The maximum atomic E-state index is 13.3. The number of ether oxygens (including phenoxy) is 1. The lowest BCUT2D eigenvalue weighted by molar-refractivity contribution is 0.110. The number of hydrogen-bond acceptors (Lipinski definition) is 5. The molecule has 32 heavy (non-hydrogen) atoms. The predicted octanol–water partition coefficient (Wildman–Crippen LogP) is 5.87. The number of amidine groups is 1. The Kier molecular flexibility index (Phi) is 5.25. The maximum absolute atomic E-state index is 13.3. The fourth-order valence-electron chi connectivity index (χ4n) is 3.42. The molecule has 0 saturated heterocycles. The predicted molar refractivity (Wildman–Crippen MR) is 122 cm³/mol. The molecule has 5 rings (SSSR count). The summed E-state index contributed by atoms with van der Waals surface area (Å²) in [5.74, 6) is 0.640. The van der Waals surface area contributed by atoms with Gasteiger partial charge in [-0.15, -0.1) is 5.10 Å². The first kappa shape index (κ1) is 20.1. The molecule has 158 valence electrons. The Morgan fingerprint density at radius 3 is 2.59 bits per heavy atom. The summed E-state index contributed by atoms with van der Waals surface area (Å²) in [6.07, 6.45) is 2.66. The third-order valence-corrected chi connectivity index (χ3v) is 5.29. The summed E-state index contributed by atoms with van der Waals surface area (Å²) in [4.78, 5) is 13.2. The molecule has 0 N–H and O–H groups in total. The molecule has 1 atom stereocenters. The monoisotopic (exact) mass is 445 g/mol. The van der Waals surface area contributed by atoms with E-state index in [0.29, 0.717) is 28.1 Å². The Balaban J connectivity index is 1.59. The topological polar surface area (TPSA) is 63.0 Å². The van der Waals surface area contributed by atoms with Gasteiger partial charge in [-0.05, 0) is 55.5 Å². The van der Waals surface area contributed by atoms with Crippen LogP contribution in [0.15, 0.2) is 89.2 Å². The number of halogens is 2. The minimum Gasteiger partial charge on any atom is -0.446 e. The zero-order chi connectivity index (χ0) is 22.1. The van der Waals surface area contributed by atoms with Crippen LogP contribution in [-0.2, 0) is 4.74 Å². The minimum absolute atomic E-state index is 0.319. The number of hydrazone groups is 1. The Labute approximate surface area is 188 Å². The van der Waals surface area contributed by atoms with E-state index in [1.54, 1.807) is 36.5 Å². The zero-order valence-electron chi connectivity index (χ0n) is 17.0. The van der Waals surface area contributed by atoms with Gasteiger partial charge in [0.25, 0.3) is 0 Å². The van der Waals surface area contributed by atoms with Crippen molar-refractivity contribution >= 4 is 39.9 Å². The second-order valence-corrected chi connectivity index (χ2v) is 7.51. The standard InChI is InChI=1S/C24H17ClFN5O/c1-15(28-19-8-6-18(26)7-9-19)31-24(32-23(30-31)16-10-12-27-13-11-16)20-14-17-4-2-3-5-21(17)29-22(20)25/h2-14,24H,1H3. The highest BCUT2D eigenvalue weighted by atomic mass is 35.5. The summed E-state index contributed by atoms with van der Waals surface area (Å²) >= 11 is 6.56. The summed E-state index contributed by atoms with van der Waals surface area (Å²) in [6, 6.07) is 19.2. The van der Waals surface area contributed by atoms with Crippen LogP contribution in [0, 0.1) is 5.82 Å². The van der Waals surface area contributed by atoms with Crippen LogP contribution in [0.4, 0.5) is 10.1 Å². The maximum Gasteiger partial charge on any atom is 0.241 e. The fourth-order valence-corrected chi connectivity index (χ4v) is 3.66. The first-order chi connectivity index (χ1) is 15.6. The van der Waals surface area contributed by atoms with Crippen LogP contribution in [0.3, 0.4) is 0 Å². The number of hydrogen-bond donors (Lipinski definition) is 0. The summed E-state index contributed by atoms with van der Waals surface area (Å²) < 4.78 is 19.5. The number of rotatable bonds is 3. The van der Waals surface area contributed by atoms with Crippen LogP contribution in [-0.4, -0.2) is 26.7 Å². The lowest BCUT2D eigenvalue weighted by Gasteiger charge is -2.22. The molecule has 8 heteroatoms. The molecule has 6 nitrogen and oxygen atoms in total. The molecule has 1 aliphatic heterocycles. The highest BCUT2D eigenvalue weighted by Gasteiger charge is 2.34. The van der Waals surface area contributed by atoms with Crippen molar-refractivity contribution in [3.05, 3.63) is 101 Å². The number of fused-ring (bicyclic) bond motifs is 1. The van der Waals surface area contributed by atoms with Crippen LogP contribution >= 0.6 is 11.6 Å². The van der Waals surface area contributed by atoms with E-state index in [2.05, 4.69) is 20.1 Å². The number of benzene rings is 2. The van der Waals surface area contributed by atoms with Crippen LogP contribution in [0.2, 0.25) is 5.15 Å². The number of aliphatic imine (C=N–C) groups is 1. The van der Waals surface area contributed by atoms with Crippen molar-refractivity contribution < 1.29 is 9.13 Å². The van der Waals surface area contributed by atoms with Gasteiger partial charge in [-0.2, -0.15) is 0 Å². The normalized spacial score (nSPS) is 16.2. The van der Waals surface area contributed by atoms with Gasteiger partial charge in [0.1, 0.15) is 16.8 Å². The molecule has 4 aromatic rings. The molecule has 1 unspecified atom stereocenters. The summed E-state index contributed by atoms with van der Waals surface area (Å²) in [6.45, 7) is 1.81. The average Bonchev–Trinajstić information content (AvgIpc) is 3.26. The van der Waals surface area contributed by atoms with Gasteiger partial charge in [-0.25, -0.2) is 19.4 Å². The average molecular weight is 446 g/mol. The third-order valence-electron chi connectivity index (χ3n) is 4.99. The Morgan fingerprint density at radius 2 is 1.81 bits per heavy atom. The minimum atomic E-state index is -0.674. The van der Waals surface area contributed by atoms with Crippen molar-refractivity contribution in [1.29, 1.82) is 0 Å². The molecule has 0 saturated carbocycles. The van der Waals surface area contributed by atoms with E-state index in [1.165, 1.54) is 12.1 Å². The highest BCUT2D eigenvalue weighted by Crippen LogP contribution is 2.35. The number of nitrogens with zero attached hydrogens (tertiary/aromatic N) is 5. The lowest BCUT2D eigenvalue weighted by Crippen LogP contribution is -2.26. The largest absolute Gasteiger partial charge is 0.446 e. The van der Waals surface area contributed by atoms with Gasteiger partial charge in [0.05, 0.1) is 16.8 Å². The van der Waals surface area contributed by atoms with E-state index < -0.39 is 6.23 Å². The summed E-state index contributed by atoms with van der Waals surface area (Å²) in [5, 5.41) is 7.56. The van der Waals surface area contributed by atoms with Gasteiger partial charge in [0.15, 0.2) is 0 Å². The smallest absolute Gasteiger partial charge is 0.241 e. The van der Waals surface area contributed by atoms with Crippen molar-refractivity contribution in [3.63, 3.8) is 0 Å². The molecule has 0 amide bonds. The zero-order valence-corrected chi connectivity index (χ0v) is 17.7. The summed E-state index contributed by atoms with van der Waals surface area (Å²) in [5.41, 5.74) is 2.81. The van der Waals surface area contributed by atoms with Crippen molar-refractivity contribution in [2.75, 3.05) is 0 Å². The van der Waals surface area contributed by atoms with Gasteiger partial charge in [0, 0.05) is 23.3 Å². The van der Waals surface area contributed by atoms with E-state index in [4.69, 9.17) is 16.3 Å². The van der Waals surface area contributed by atoms with E-state index in [9.17, 15) is 4.39 Å². The molecular formula is C24H17ClFN5O.